The maximum absolute atomic E-state index is 12.8. The second-order valence-electron chi connectivity index (χ2n) is 6.05. The van der Waals surface area contributed by atoms with Crippen molar-refractivity contribution in [3.05, 3.63) is 89.6 Å². The third kappa shape index (κ3) is 4.11. The first-order chi connectivity index (χ1) is 12.8. The molecule has 0 saturated carbocycles. The van der Waals surface area contributed by atoms with Crippen molar-refractivity contribution in [3.63, 3.8) is 0 Å². The lowest BCUT2D eigenvalue weighted by molar-refractivity contribution is -0.137. The van der Waals surface area contributed by atoms with Crippen molar-refractivity contribution >= 4 is 22.4 Å². The number of allylic oxidation sites excluding steroid dienone is 2. The summed E-state index contributed by atoms with van der Waals surface area (Å²) in [6, 6.07) is 12.5. The molecule has 1 heterocycles. The Morgan fingerprint density at radius 3 is 2.33 bits per heavy atom. The van der Waals surface area contributed by atoms with Gasteiger partial charge in [0.15, 0.2) is 0 Å². The second-order valence-corrected chi connectivity index (χ2v) is 6.05. The normalized spacial score (nSPS) is 12.8. The highest BCUT2D eigenvalue weighted by atomic mass is 19.4. The molecule has 138 valence electrons. The molecular formula is C21H16F3NO2. The van der Waals surface area contributed by atoms with Crippen LogP contribution < -0.4 is 0 Å². The second kappa shape index (κ2) is 7.15. The van der Waals surface area contributed by atoms with E-state index in [4.69, 9.17) is 5.11 Å². The molecule has 3 rings (SSSR count). The molecule has 0 saturated heterocycles. The van der Waals surface area contributed by atoms with Crippen LogP contribution in [0.1, 0.15) is 16.7 Å². The lowest BCUT2D eigenvalue weighted by Crippen LogP contribution is -2.04. The topological polar surface area (TPSA) is 42.2 Å². The van der Waals surface area contributed by atoms with Crippen molar-refractivity contribution in [2.45, 2.75) is 6.18 Å². The van der Waals surface area contributed by atoms with E-state index in [0.29, 0.717) is 11.1 Å². The van der Waals surface area contributed by atoms with E-state index in [-0.39, 0.29) is 0 Å². The van der Waals surface area contributed by atoms with E-state index in [0.717, 1.165) is 34.7 Å². The first-order valence-corrected chi connectivity index (χ1v) is 8.10. The number of alkyl halides is 3. The summed E-state index contributed by atoms with van der Waals surface area (Å²) < 4.78 is 40.4. The largest absolute Gasteiger partial charge is 0.478 e. The molecule has 3 nitrogen and oxygen atoms in total. The molecule has 0 radical (unpaired) electrons. The molecule has 0 amide bonds. The van der Waals surface area contributed by atoms with Crippen LogP contribution in [0.3, 0.4) is 0 Å². The number of benzene rings is 2. The summed E-state index contributed by atoms with van der Waals surface area (Å²) in [6.07, 6.45) is 1.44. The molecule has 1 aromatic heterocycles. The van der Waals surface area contributed by atoms with Crippen LogP contribution in [0.5, 0.6) is 0 Å². The molecule has 2 aromatic carbocycles. The van der Waals surface area contributed by atoms with Crippen molar-refractivity contribution in [1.82, 2.24) is 4.57 Å². The molecular weight excluding hydrogens is 355 g/mol. The number of carbonyl (C=O) groups is 1. The van der Waals surface area contributed by atoms with Crippen LogP contribution in [0.15, 0.2) is 73.0 Å². The van der Waals surface area contributed by atoms with Gasteiger partial charge in [-0.25, -0.2) is 4.79 Å². The molecule has 6 heteroatoms. The molecule has 1 N–H and O–H groups in total. The Labute approximate surface area is 153 Å². The van der Waals surface area contributed by atoms with Crippen LogP contribution in [0.2, 0.25) is 0 Å². The number of hydrogen-bond acceptors (Lipinski definition) is 1. The monoisotopic (exact) mass is 371 g/mol. The molecule has 0 aliphatic heterocycles. The smallest absolute Gasteiger partial charge is 0.416 e. The summed E-state index contributed by atoms with van der Waals surface area (Å²) in [5.41, 5.74) is 2.26. The van der Waals surface area contributed by atoms with Gasteiger partial charge in [0.25, 0.3) is 0 Å². The van der Waals surface area contributed by atoms with Gasteiger partial charge in [0, 0.05) is 30.2 Å². The van der Waals surface area contributed by atoms with Crippen LogP contribution in [-0.4, -0.2) is 15.6 Å². The van der Waals surface area contributed by atoms with E-state index in [1.54, 1.807) is 6.08 Å². The van der Waals surface area contributed by atoms with E-state index >= 15 is 0 Å². The van der Waals surface area contributed by atoms with Crippen molar-refractivity contribution in [2.24, 2.45) is 7.05 Å². The van der Waals surface area contributed by atoms with Gasteiger partial charge in [0.05, 0.1) is 5.56 Å². The minimum Gasteiger partial charge on any atom is -0.478 e. The summed E-state index contributed by atoms with van der Waals surface area (Å²) in [6.45, 7) is 0. The van der Waals surface area contributed by atoms with Crippen LogP contribution in [-0.2, 0) is 18.0 Å². The third-order valence-electron chi connectivity index (χ3n) is 4.22. The van der Waals surface area contributed by atoms with Gasteiger partial charge >= 0.3 is 12.1 Å². The summed E-state index contributed by atoms with van der Waals surface area (Å²) in [4.78, 5) is 10.7. The maximum atomic E-state index is 12.8. The van der Waals surface area contributed by atoms with E-state index in [9.17, 15) is 18.0 Å². The van der Waals surface area contributed by atoms with Crippen LogP contribution in [0, 0.1) is 0 Å². The van der Waals surface area contributed by atoms with Crippen molar-refractivity contribution < 1.29 is 23.1 Å². The number of fused-ring (bicyclic) bond motifs is 1. The zero-order valence-electron chi connectivity index (χ0n) is 14.4. The fraction of sp³-hybridized carbons (Fsp3) is 0.0952. The first kappa shape index (κ1) is 18.5. The Bertz CT molecular complexity index is 1040. The van der Waals surface area contributed by atoms with Gasteiger partial charge < -0.3 is 9.67 Å². The fourth-order valence-corrected chi connectivity index (χ4v) is 2.87. The van der Waals surface area contributed by atoms with Gasteiger partial charge in [-0.2, -0.15) is 13.2 Å². The Balaban J connectivity index is 2.08. The standard InChI is InChI=1S/C21H16F3NO2/c1-25-12-11-16-13-15(7-10-19(16)25)18(3-2-4-20(26)27)14-5-8-17(9-6-14)21(22,23)24/h2-13H,1H3,(H,26,27)/b4-2+,18-3+. The number of aromatic nitrogens is 1. The summed E-state index contributed by atoms with van der Waals surface area (Å²) in [5, 5.41) is 9.78. The van der Waals surface area contributed by atoms with E-state index in [2.05, 4.69) is 0 Å². The molecule has 0 aliphatic rings. The van der Waals surface area contributed by atoms with Gasteiger partial charge in [0.2, 0.25) is 0 Å². The van der Waals surface area contributed by atoms with E-state index in [1.165, 1.54) is 18.2 Å². The van der Waals surface area contributed by atoms with Crippen molar-refractivity contribution in [3.8, 4) is 0 Å². The van der Waals surface area contributed by atoms with Gasteiger partial charge in [-0.1, -0.05) is 30.4 Å². The Kier molecular flexibility index (Phi) is 4.90. The van der Waals surface area contributed by atoms with E-state index in [1.807, 2.05) is 42.1 Å². The number of halogens is 3. The average molecular weight is 371 g/mol. The molecule has 0 aliphatic carbocycles. The number of rotatable bonds is 4. The van der Waals surface area contributed by atoms with Crippen LogP contribution >= 0.6 is 0 Å². The SMILES string of the molecule is Cn1ccc2cc(/C(=C/C=C/C(=O)O)c3ccc(C(F)(F)F)cc3)ccc21. The maximum Gasteiger partial charge on any atom is 0.416 e. The Hall–Kier alpha value is -3.28. The lowest BCUT2D eigenvalue weighted by atomic mass is 9.95. The number of hydrogen-bond donors (Lipinski definition) is 1. The van der Waals surface area contributed by atoms with Gasteiger partial charge in [-0.15, -0.1) is 0 Å². The number of carboxylic acids is 1. The summed E-state index contributed by atoms with van der Waals surface area (Å²) >= 11 is 0. The molecule has 0 spiro atoms. The number of carboxylic acid groups (broad SMARTS) is 1. The predicted octanol–water partition coefficient (Wildman–Crippen LogP) is 5.27. The Morgan fingerprint density at radius 1 is 1.04 bits per heavy atom. The first-order valence-electron chi connectivity index (χ1n) is 8.10. The van der Waals surface area contributed by atoms with Crippen molar-refractivity contribution in [2.75, 3.05) is 0 Å². The number of aryl methyl sites for hydroxylation is 1. The minimum absolute atomic E-state index is 0.563. The number of nitrogens with zero attached hydrogens (tertiary/aromatic N) is 1. The highest BCUT2D eigenvalue weighted by Gasteiger charge is 2.30. The quantitative estimate of drug-likeness (QED) is 0.501. The van der Waals surface area contributed by atoms with Crippen LogP contribution in [0.4, 0.5) is 13.2 Å². The van der Waals surface area contributed by atoms with Gasteiger partial charge in [0.1, 0.15) is 0 Å². The number of aliphatic carboxylic acids is 1. The third-order valence-corrected chi connectivity index (χ3v) is 4.22. The summed E-state index contributed by atoms with van der Waals surface area (Å²) in [5.74, 6) is -1.10. The molecule has 0 unspecified atom stereocenters. The summed E-state index contributed by atoms with van der Waals surface area (Å²) in [7, 11) is 1.92. The Morgan fingerprint density at radius 2 is 1.70 bits per heavy atom. The zero-order chi connectivity index (χ0) is 19.6. The fourth-order valence-electron chi connectivity index (χ4n) is 2.87. The van der Waals surface area contributed by atoms with Crippen LogP contribution in [0.25, 0.3) is 16.5 Å². The molecule has 0 atom stereocenters. The highest BCUT2D eigenvalue weighted by molar-refractivity contribution is 5.89. The van der Waals surface area contributed by atoms with Gasteiger partial charge in [-0.3, -0.25) is 0 Å². The molecule has 27 heavy (non-hydrogen) atoms. The highest BCUT2D eigenvalue weighted by Crippen LogP contribution is 2.32. The predicted molar refractivity (Wildman–Crippen MR) is 98.2 cm³/mol. The zero-order valence-corrected chi connectivity index (χ0v) is 14.4. The molecule has 0 fully saturated rings. The molecule has 3 aromatic rings. The average Bonchev–Trinajstić information content (AvgIpc) is 2.98. The van der Waals surface area contributed by atoms with Crippen molar-refractivity contribution in [1.29, 1.82) is 0 Å². The molecule has 0 bridgehead atoms. The lowest BCUT2D eigenvalue weighted by Gasteiger charge is -2.11. The van der Waals surface area contributed by atoms with Gasteiger partial charge in [-0.05, 0) is 47.0 Å². The minimum atomic E-state index is -4.41. The van der Waals surface area contributed by atoms with E-state index < -0.39 is 17.7 Å².